The van der Waals surface area contributed by atoms with E-state index in [0.717, 1.165) is 32.2 Å². The lowest BCUT2D eigenvalue weighted by molar-refractivity contribution is -0.127. The van der Waals surface area contributed by atoms with E-state index in [1.165, 1.54) is 16.6 Å². The number of rotatable bonds is 6. The van der Waals surface area contributed by atoms with Gasteiger partial charge in [0.2, 0.25) is 15.9 Å². The molecule has 3 rings (SSSR count). The van der Waals surface area contributed by atoms with Crippen LogP contribution in [0.2, 0.25) is 0 Å². The van der Waals surface area contributed by atoms with E-state index in [-0.39, 0.29) is 22.8 Å². The Hall–Kier alpha value is -1.87. The molecule has 150 valence electrons. The summed E-state index contributed by atoms with van der Waals surface area (Å²) < 4.78 is 28.6. The second kappa shape index (κ2) is 8.02. The summed E-state index contributed by atoms with van der Waals surface area (Å²) in [4.78, 5) is 26.2. The van der Waals surface area contributed by atoms with Crippen LogP contribution in [0.3, 0.4) is 0 Å². The highest BCUT2D eigenvalue weighted by atomic mass is 32.2. The Kier molecular flexibility index (Phi) is 5.90. The predicted octanol–water partition coefficient (Wildman–Crippen LogP) is 0.940. The van der Waals surface area contributed by atoms with Crippen LogP contribution >= 0.6 is 0 Å². The largest absolute Gasteiger partial charge is 0.347 e. The molecule has 0 aliphatic carbocycles. The molecule has 0 bridgehead atoms. The van der Waals surface area contributed by atoms with Crippen molar-refractivity contribution in [1.29, 1.82) is 0 Å². The standard InChI is InChI=1S/C18H28N4O4S/c1-14(12-21-8-6-7-17(21)23)19-18(24)16-11-15(13-20(16)2)27(25,26)22-9-4-3-5-10-22/h11,13-14H,3-10,12H2,1-2H3,(H,19,24)/t14-/m1/s1. The zero-order chi connectivity index (χ0) is 19.6. The first-order chi connectivity index (χ1) is 12.8. The minimum Gasteiger partial charge on any atom is -0.347 e. The van der Waals surface area contributed by atoms with Crippen LogP contribution in [0.15, 0.2) is 17.2 Å². The van der Waals surface area contributed by atoms with Gasteiger partial charge in [-0.05, 0) is 32.3 Å². The lowest BCUT2D eigenvalue weighted by Gasteiger charge is -2.25. The van der Waals surface area contributed by atoms with Crippen molar-refractivity contribution >= 4 is 21.8 Å². The zero-order valence-corrected chi connectivity index (χ0v) is 16.8. The van der Waals surface area contributed by atoms with Gasteiger partial charge in [-0.25, -0.2) is 8.42 Å². The van der Waals surface area contributed by atoms with Crippen molar-refractivity contribution in [2.24, 2.45) is 7.05 Å². The Morgan fingerprint density at radius 1 is 1.19 bits per heavy atom. The third-order valence-corrected chi connectivity index (χ3v) is 7.07. The number of aromatic nitrogens is 1. The lowest BCUT2D eigenvalue weighted by atomic mass is 10.2. The maximum Gasteiger partial charge on any atom is 0.268 e. The Labute approximate surface area is 160 Å². The van der Waals surface area contributed by atoms with Crippen LogP contribution in [0.5, 0.6) is 0 Å². The number of carbonyl (C=O) groups excluding carboxylic acids is 2. The van der Waals surface area contributed by atoms with E-state index < -0.39 is 10.0 Å². The van der Waals surface area contributed by atoms with E-state index in [0.29, 0.717) is 31.7 Å². The van der Waals surface area contributed by atoms with Crippen LogP contribution < -0.4 is 5.32 Å². The maximum absolute atomic E-state index is 12.8. The molecule has 2 amide bonds. The molecule has 0 aromatic carbocycles. The molecule has 1 atom stereocenters. The molecule has 0 unspecified atom stereocenters. The molecule has 1 aromatic rings. The SMILES string of the molecule is C[C@H](CN1CCCC1=O)NC(=O)c1cc(S(=O)(=O)N2CCCCC2)cn1C. The van der Waals surface area contributed by atoms with Crippen LogP contribution in [0.4, 0.5) is 0 Å². The predicted molar refractivity (Wildman–Crippen MR) is 101 cm³/mol. The fourth-order valence-corrected chi connectivity index (χ4v) is 5.32. The number of sulfonamides is 1. The molecule has 2 saturated heterocycles. The van der Waals surface area contributed by atoms with E-state index in [4.69, 9.17) is 0 Å². The van der Waals surface area contributed by atoms with Gasteiger partial charge in [0.15, 0.2) is 0 Å². The summed E-state index contributed by atoms with van der Waals surface area (Å²) in [5.41, 5.74) is 0.296. The fraction of sp³-hybridized carbons (Fsp3) is 0.667. The van der Waals surface area contributed by atoms with Gasteiger partial charge in [0.05, 0.1) is 0 Å². The first-order valence-corrected chi connectivity index (χ1v) is 11.0. The van der Waals surface area contributed by atoms with E-state index in [1.54, 1.807) is 16.5 Å². The second-order valence-corrected chi connectivity index (χ2v) is 9.39. The minimum absolute atomic E-state index is 0.116. The molecule has 2 fully saturated rings. The molecule has 0 saturated carbocycles. The third-order valence-electron chi connectivity index (χ3n) is 5.21. The molecular formula is C18H28N4O4S. The van der Waals surface area contributed by atoms with Gasteiger partial charge in [0, 0.05) is 51.9 Å². The number of piperidine rings is 1. The average molecular weight is 397 g/mol. The molecule has 3 heterocycles. The highest BCUT2D eigenvalue weighted by molar-refractivity contribution is 7.89. The zero-order valence-electron chi connectivity index (χ0n) is 16.0. The quantitative estimate of drug-likeness (QED) is 0.775. The van der Waals surface area contributed by atoms with Crippen LogP contribution in [-0.2, 0) is 21.9 Å². The Bertz CT molecular complexity index is 811. The molecule has 9 heteroatoms. The molecule has 27 heavy (non-hydrogen) atoms. The highest BCUT2D eigenvalue weighted by Gasteiger charge is 2.29. The number of hydrogen-bond acceptors (Lipinski definition) is 4. The Morgan fingerprint density at radius 3 is 2.52 bits per heavy atom. The van der Waals surface area contributed by atoms with Crippen molar-refractivity contribution in [1.82, 2.24) is 19.1 Å². The topological polar surface area (TPSA) is 91.7 Å². The Morgan fingerprint density at radius 2 is 1.89 bits per heavy atom. The van der Waals surface area contributed by atoms with Gasteiger partial charge in [0.25, 0.3) is 5.91 Å². The summed E-state index contributed by atoms with van der Waals surface area (Å²) in [7, 11) is -1.91. The molecule has 1 N–H and O–H groups in total. The molecule has 0 radical (unpaired) electrons. The second-order valence-electron chi connectivity index (χ2n) is 7.45. The highest BCUT2D eigenvalue weighted by Crippen LogP contribution is 2.22. The van der Waals surface area contributed by atoms with Crippen molar-refractivity contribution in [2.75, 3.05) is 26.2 Å². The van der Waals surface area contributed by atoms with Crippen LogP contribution in [-0.4, -0.2) is 66.2 Å². The van der Waals surface area contributed by atoms with E-state index in [9.17, 15) is 18.0 Å². The maximum atomic E-state index is 12.8. The van der Waals surface area contributed by atoms with Crippen molar-refractivity contribution in [3.8, 4) is 0 Å². The fourth-order valence-electron chi connectivity index (χ4n) is 3.73. The number of carbonyl (C=O) groups is 2. The van der Waals surface area contributed by atoms with Crippen molar-refractivity contribution in [2.45, 2.75) is 50.0 Å². The lowest BCUT2D eigenvalue weighted by Crippen LogP contribution is -2.42. The van der Waals surface area contributed by atoms with E-state index >= 15 is 0 Å². The first kappa shape index (κ1) is 19.9. The summed E-state index contributed by atoms with van der Waals surface area (Å²) in [5.74, 6) is -0.221. The summed E-state index contributed by atoms with van der Waals surface area (Å²) in [5, 5.41) is 2.87. The smallest absolute Gasteiger partial charge is 0.268 e. The van der Waals surface area contributed by atoms with Gasteiger partial charge >= 0.3 is 0 Å². The number of nitrogens with one attached hydrogen (secondary N) is 1. The van der Waals surface area contributed by atoms with Crippen LogP contribution in [0, 0.1) is 0 Å². The number of amides is 2. The number of hydrogen-bond donors (Lipinski definition) is 1. The van der Waals surface area contributed by atoms with Gasteiger partial charge in [-0.15, -0.1) is 0 Å². The first-order valence-electron chi connectivity index (χ1n) is 9.54. The number of nitrogens with zero attached hydrogens (tertiary/aromatic N) is 3. The number of likely N-dealkylation sites (tertiary alicyclic amines) is 1. The minimum atomic E-state index is -3.57. The third kappa shape index (κ3) is 4.35. The molecule has 0 spiro atoms. The van der Waals surface area contributed by atoms with Gasteiger partial charge < -0.3 is 14.8 Å². The van der Waals surface area contributed by atoms with Gasteiger partial charge in [0.1, 0.15) is 10.6 Å². The summed E-state index contributed by atoms with van der Waals surface area (Å²) in [6.45, 7) is 4.09. The van der Waals surface area contributed by atoms with Crippen molar-refractivity contribution in [3.63, 3.8) is 0 Å². The molecule has 2 aliphatic rings. The van der Waals surface area contributed by atoms with E-state index in [2.05, 4.69) is 5.32 Å². The monoisotopic (exact) mass is 396 g/mol. The molecule has 2 aliphatic heterocycles. The van der Waals surface area contributed by atoms with Crippen LogP contribution in [0.25, 0.3) is 0 Å². The summed E-state index contributed by atoms with van der Waals surface area (Å²) in [6.07, 6.45) is 5.70. The number of aryl methyl sites for hydroxylation is 1. The van der Waals surface area contributed by atoms with Gasteiger partial charge in [-0.3, -0.25) is 9.59 Å². The van der Waals surface area contributed by atoms with E-state index in [1.807, 2.05) is 6.92 Å². The summed E-state index contributed by atoms with van der Waals surface area (Å²) in [6, 6.07) is 1.23. The molecule has 8 nitrogen and oxygen atoms in total. The van der Waals surface area contributed by atoms with Crippen molar-refractivity contribution in [3.05, 3.63) is 18.0 Å². The molecular weight excluding hydrogens is 368 g/mol. The average Bonchev–Trinajstić information content (AvgIpc) is 3.22. The molecule has 1 aromatic heterocycles. The Balaban J connectivity index is 1.68. The van der Waals surface area contributed by atoms with Crippen LogP contribution in [0.1, 0.15) is 49.5 Å². The summed E-state index contributed by atoms with van der Waals surface area (Å²) >= 11 is 0. The van der Waals surface area contributed by atoms with Gasteiger partial charge in [-0.2, -0.15) is 4.31 Å². The normalized spacial score (nSPS) is 20.1. The van der Waals surface area contributed by atoms with Crippen molar-refractivity contribution < 1.29 is 18.0 Å². The van der Waals surface area contributed by atoms with Gasteiger partial charge in [-0.1, -0.05) is 6.42 Å².